The topological polar surface area (TPSA) is 92.4 Å². The lowest BCUT2D eigenvalue weighted by Crippen LogP contribution is -2.30. The van der Waals surface area contributed by atoms with E-state index in [4.69, 9.17) is 11.6 Å². The number of aromatic nitrogens is 3. The van der Waals surface area contributed by atoms with Crippen molar-refractivity contribution in [3.05, 3.63) is 88.3 Å². The zero-order chi connectivity index (χ0) is 22.4. The molecule has 31 heavy (non-hydrogen) atoms. The van der Waals surface area contributed by atoms with Gasteiger partial charge in [-0.15, -0.1) is 0 Å². The summed E-state index contributed by atoms with van der Waals surface area (Å²) < 4.78 is 42.6. The Bertz CT molecular complexity index is 1140. The first-order chi connectivity index (χ1) is 14.8. The van der Waals surface area contributed by atoms with Crippen molar-refractivity contribution in [2.75, 3.05) is 6.54 Å². The number of carbonyl (C=O) groups is 1. The number of nitrogens with one attached hydrogen (secondary N) is 1. The third-order valence-electron chi connectivity index (χ3n) is 4.22. The fraction of sp³-hybridized carbons (Fsp3) is 0.200. The maximum Gasteiger partial charge on any atom is 0.308 e. The molecule has 0 atom stereocenters. The first-order valence-corrected chi connectivity index (χ1v) is 9.41. The van der Waals surface area contributed by atoms with Crippen LogP contribution in [0.25, 0.3) is 0 Å². The van der Waals surface area contributed by atoms with Crippen molar-refractivity contribution in [2.24, 2.45) is 4.99 Å². The minimum atomic E-state index is -3.36. The highest BCUT2D eigenvalue weighted by Crippen LogP contribution is 2.25. The Balaban J connectivity index is 1.75. The van der Waals surface area contributed by atoms with Gasteiger partial charge in [-0.2, -0.15) is 13.5 Å². The Morgan fingerprint density at radius 1 is 1.16 bits per heavy atom. The van der Waals surface area contributed by atoms with E-state index in [9.17, 15) is 23.2 Å². The summed E-state index contributed by atoms with van der Waals surface area (Å²) in [7, 11) is 0. The summed E-state index contributed by atoms with van der Waals surface area (Å²) in [6.45, 7) is -1.15. The van der Waals surface area contributed by atoms with E-state index in [0.717, 1.165) is 0 Å². The minimum absolute atomic E-state index is 0.0251. The van der Waals surface area contributed by atoms with Crippen LogP contribution in [0.2, 0.25) is 5.02 Å². The van der Waals surface area contributed by atoms with Gasteiger partial charge in [0.05, 0.1) is 29.4 Å². The molecule has 0 radical (unpaired) electrons. The molecule has 0 bridgehead atoms. The van der Waals surface area contributed by atoms with Crippen molar-refractivity contribution in [1.29, 1.82) is 0 Å². The maximum absolute atomic E-state index is 14.3. The van der Waals surface area contributed by atoms with E-state index in [1.807, 2.05) is 0 Å². The van der Waals surface area contributed by atoms with Gasteiger partial charge in [0.25, 0.3) is 0 Å². The Morgan fingerprint density at radius 2 is 1.94 bits per heavy atom. The third-order valence-corrected chi connectivity index (χ3v) is 4.57. The summed E-state index contributed by atoms with van der Waals surface area (Å²) >= 11 is 6.04. The van der Waals surface area contributed by atoms with Crippen molar-refractivity contribution in [1.82, 2.24) is 20.0 Å². The molecule has 3 rings (SSSR count). The van der Waals surface area contributed by atoms with Crippen molar-refractivity contribution in [3.63, 3.8) is 0 Å². The van der Waals surface area contributed by atoms with Crippen molar-refractivity contribution in [3.8, 4) is 0 Å². The molecular weight excluding hydrogens is 435 g/mol. The maximum atomic E-state index is 14.3. The Hall–Kier alpha value is -3.40. The number of hydrogen-bond donors (Lipinski definition) is 2. The predicted octanol–water partition coefficient (Wildman–Crippen LogP) is 2.86. The van der Waals surface area contributed by atoms with Gasteiger partial charge in [-0.05, 0) is 36.4 Å². The average molecular weight is 452 g/mol. The fourth-order valence-electron chi connectivity index (χ4n) is 2.62. The zero-order valence-corrected chi connectivity index (χ0v) is 16.7. The second-order valence-corrected chi connectivity index (χ2v) is 6.83. The van der Waals surface area contributed by atoms with Crippen LogP contribution in [0.3, 0.4) is 0 Å². The molecule has 0 aliphatic carbocycles. The van der Waals surface area contributed by atoms with Crippen LogP contribution in [0.5, 0.6) is 0 Å². The van der Waals surface area contributed by atoms with Crippen LogP contribution in [0.15, 0.2) is 59.9 Å². The van der Waals surface area contributed by atoms with E-state index in [1.54, 1.807) is 0 Å². The first kappa shape index (κ1) is 22.3. The molecule has 0 saturated heterocycles. The van der Waals surface area contributed by atoms with Gasteiger partial charge in [0, 0.05) is 12.4 Å². The molecule has 0 fully saturated rings. The van der Waals surface area contributed by atoms with Crippen LogP contribution in [-0.4, -0.2) is 32.4 Å². The molecule has 3 aromatic rings. The molecule has 0 aromatic carbocycles. The van der Waals surface area contributed by atoms with Gasteiger partial charge in [-0.3, -0.25) is 19.8 Å². The Labute approximate surface area is 179 Å². The molecule has 3 aromatic heterocycles. The largest absolute Gasteiger partial charge is 0.427 e. The van der Waals surface area contributed by atoms with Crippen molar-refractivity contribution >= 4 is 17.5 Å². The molecule has 3 heterocycles. The number of carbonyl (C=O) groups excluding carboxylic acids is 1. The summed E-state index contributed by atoms with van der Waals surface area (Å²) in [6, 6.07) is 9.30. The molecule has 0 saturated carbocycles. The van der Waals surface area contributed by atoms with E-state index < -0.39 is 36.3 Å². The van der Waals surface area contributed by atoms with Gasteiger partial charge in [0.15, 0.2) is 5.49 Å². The molecule has 0 spiro atoms. The highest BCUT2D eigenvalue weighted by Gasteiger charge is 2.32. The van der Waals surface area contributed by atoms with Crippen LogP contribution in [0.1, 0.15) is 17.1 Å². The Morgan fingerprint density at radius 3 is 2.65 bits per heavy atom. The second-order valence-electron chi connectivity index (χ2n) is 6.42. The summed E-state index contributed by atoms with van der Waals surface area (Å²) in [5, 5.41) is 12.8. The number of rotatable bonds is 7. The van der Waals surface area contributed by atoms with E-state index in [0.29, 0.717) is 4.73 Å². The SMILES string of the molecule is O=C(Cc1c(Cl)ccc(=NCC(F)(F)c2ccccn2)n1O)NCc1ncccc1F. The fourth-order valence-corrected chi connectivity index (χ4v) is 2.83. The van der Waals surface area contributed by atoms with Crippen molar-refractivity contribution < 1.29 is 23.2 Å². The molecule has 1 amide bonds. The standard InChI is InChI=1S/C20H17ClF3N5O2/c21-13-6-7-18(28-12-20(23,24)17-5-1-2-8-26-17)29(31)16(13)10-19(30)27-11-15-14(22)4-3-9-25-15/h1-9,31H,10-12H2,(H,27,30). The average Bonchev–Trinajstić information content (AvgIpc) is 2.76. The second kappa shape index (κ2) is 9.61. The van der Waals surface area contributed by atoms with Gasteiger partial charge < -0.3 is 10.5 Å². The van der Waals surface area contributed by atoms with Gasteiger partial charge >= 0.3 is 5.92 Å². The van der Waals surface area contributed by atoms with E-state index in [1.165, 1.54) is 54.9 Å². The van der Waals surface area contributed by atoms with Crippen LogP contribution in [0.4, 0.5) is 13.2 Å². The summed E-state index contributed by atoms with van der Waals surface area (Å²) in [4.78, 5) is 23.4. The summed E-state index contributed by atoms with van der Waals surface area (Å²) in [5.74, 6) is -4.53. The van der Waals surface area contributed by atoms with Crippen LogP contribution in [0, 0.1) is 5.82 Å². The molecule has 0 aliphatic rings. The number of nitrogens with zero attached hydrogens (tertiary/aromatic N) is 4. The predicted molar refractivity (Wildman–Crippen MR) is 105 cm³/mol. The Kier molecular flexibility index (Phi) is 6.91. The molecule has 0 unspecified atom stereocenters. The van der Waals surface area contributed by atoms with Crippen LogP contribution >= 0.6 is 11.6 Å². The first-order valence-electron chi connectivity index (χ1n) is 9.03. The lowest BCUT2D eigenvalue weighted by Gasteiger charge is -2.14. The highest BCUT2D eigenvalue weighted by atomic mass is 35.5. The smallest absolute Gasteiger partial charge is 0.308 e. The van der Waals surface area contributed by atoms with E-state index in [-0.39, 0.29) is 28.4 Å². The molecule has 11 heteroatoms. The van der Waals surface area contributed by atoms with Crippen molar-refractivity contribution in [2.45, 2.75) is 18.9 Å². The van der Waals surface area contributed by atoms with Gasteiger partial charge in [-0.1, -0.05) is 17.7 Å². The molecule has 0 aliphatic heterocycles. The van der Waals surface area contributed by atoms with E-state index >= 15 is 0 Å². The number of pyridine rings is 3. The number of halogens is 4. The highest BCUT2D eigenvalue weighted by molar-refractivity contribution is 6.31. The van der Waals surface area contributed by atoms with Gasteiger partial charge in [0.1, 0.15) is 18.1 Å². The number of amides is 1. The third kappa shape index (κ3) is 5.60. The number of hydrogen-bond acceptors (Lipinski definition) is 5. The van der Waals surface area contributed by atoms with E-state index in [2.05, 4.69) is 20.3 Å². The minimum Gasteiger partial charge on any atom is -0.427 e. The number of alkyl halides is 2. The molecule has 162 valence electrons. The molecular formula is C20H17ClF3N5O2. The normalized spacial score (nSPS) is 12.1. The van der Waals surface area contributed by atoms with Crippen LogP contribution < -0.4 is 10.8 Å². The molecule has 2 N–H and O–H groups in total. The van der Waals surface area contributed by atoms with Crippen LogP contribution in [-0.2, 0) is 23.7 Å². The quantitative estimate of drug-likeness (QED) is 0.540. The van der Waals surface area contributed by atoms with Gasteiger partial charge in [-0.25, -0.2) is 4.39 Å². The summed E-state index contributed by atoms with van der Waals surface area (Å²) in [5.41, 5.74) is -0.709. The summed E-state index contributed by atoms with van der Waals surface area (Å²) in [6.07, 6.45) is 2.23. The lowest BCUT2D eigenvalue weighted by atomic mass is 10.2. The zero-order valence-electron chi connectivity index (χ0n) is 16.0. The molecule has 7 nitrogen and oxygen atoms in total. The lowest BCUT2D eigenvalue weighted by molar-refractivity contribution is -0.120. The van der Waals surface area contributed by atoms with Gasteiger partial charge in [0.2, 0.25) is 5.91 Å². The monoisotopic (exact) mass is 451 g/mol.